The van der Waals surface area contributed by atoms with Gasteiger partial charge in [0.15, 0.2) is 5.84 Å². The summed E-state index contributed by atoms with van der Waals surface area (Å²) in [5.41, 5.74) is 8.48. The number of rotatable bonds is 3. The van der Waals surface area contributed by atoms with E-state index in [1.165, 1.54) is 22.3 Å². The minimum absolute atomic E-state index is 0.0960. The van der Waals surface area contributed by atoms with E-state index in [9.17, 15) is 0 Å². The Kier molecular flexibility index (Phi) is 5.10. The molecular formula is C28H22BrN3. The highest BCUT2D eigenvalue weighted by Crippen LogP contribution is 2.48. The highest BCUT2D eigenvalue weighted by atomic mass is 79.9. The highest BCUT2D eigenvalue weighted by Gasteiger charge is 2.35. The summed E-state index contributed by atoms with van der Waals surface area (Å²) >= 11 is 3.46. The molecule has 0 saturated heterocycles. The van der Waals surface area contributed by atoms with Crippen LogP contribution in [0.25, 0.3) is 11.1 Å². The number of hydrogen-bond donors (Lipinski definition) is 1. The molecule has 0 radical (unpaired) electrons. The van der Waals surface area contributed by atoms with Gasteiger partial charge in [0, 0.05) is 39.0 Å². The van der Waals surface area contributed by atoms with Crippen molar-refractivity contribution >= 4 is 27.5 Å². The molecule has 0 fully saturated rings. The number of pyridine rings is 1. The van der Waals surface area contributed by atoms with Gasteiger partial charge in [-0.15, -0.1) is 0 Å². The van der Waals surface area contributed by atoms with Crippen molar-refractivity contribution in [1.82, 2.24) is 4.98 Å². The predicted molar refractivity (Wildman–Crippen MR) is 135 cm³/mol. The Balaban J connectivity index is 1.65. The second kappa shape index (κ2) is 7.95. The van der Waals surface area contributed by atoms with Gasteiger partial charge in [-0.05, 0) is 52.6 Å². The molecule has 0 amide bonds. The average molecular weight is 480 g/mol. The van der Waals surface area contributed by atoms with E-state index in [1.807, 2.05) is 36.4 Å². The normalized spacial score (nSPS) is 14.0. The maximum absolute atomic E-state index is 8.64. The van der Waals surface area contributed by atoms with Gasteiger partial charge in [0.25, 0.3) is 0 Å². The molecule has 3 nitrogen and oxygen atoms in total. The van der Waals surface area contributed by atoms with Gasteiger partial charge in [-0.1, -0.05) is 78.3 Å². The second-order valence-corrected chi connectivity index (χ2v) is 9.40. The maximum Gasteiger partial charge on any atom is 0.152 e. The van der Waals surface area contributed by atoms with Crippen LogP contribution in [0.15, 0.2) is 101 Å². The first-order valence-corrected chi connectivity index (χ1v) is 11.3. The molecule has 1 N–H and O–H groups in total. The Bertz CT molecular complexity index is 1350. The zero-order valence-corrected chi connectivity index (χ0v) is 19.5. The Morgan fingerprint density at radius 2 is 1.53 bits per heavy atom. The number of aromatic nitrogens is 1. The van der Waals surface area contributed by atoms with E-state index >= 15 is 0 Å². The third-order valence-electron chi connectivity index (χ3n) is 6.13. The van der Waals surface area contributed by atoms with Crippen molar-refractivity contribution in [1.29, 1.82) is 5.41 Å². The number of amidine groups is 1. The molecule has 5 rings (SSSR count). The minimum atomic E-state index is -0.0960. The Hall–Kier alpha value is -3.37. The lowest BCUT2D eigenvalue weighted by molar-refractivity contribution is 0.660. The van der Waals surface area contributed by atoms with Crippen molar-refractivity contribution in [2.24, 2.45) is 4.99 Å². The first-order valence-electron chi connectivity index (χ1n) is 10.5. The second-order valence-electron chi connectivity index (χ2n) is 8.49. The summed E-state index contributed by atoms with van der Waals surface area (Å²) in [6.07, 6.45) is 3.56. The largest absolute Gasteiger partial charge is 0.282 e. The van der Waals surface area contributed by atoms with Gasteiger partial charge in [-0.3, -0.25) is 10.4 Å². The van der Waals surface area contributed by atoms with E-state index in [2.05, 4.69) is 77.2 Å². The molecule has 0 atom stereocenters. The van der Waals surface area contributed by atoms with Crippen LogP contribution in [0.2, 0.25) is 0 Å². The lowest BCUT2D eigenvalue weighted by Crippen LogP contribution is -2.16. The van der Waals surface area contributed by atoms with Crippen LogP contribution in [0.4, 0.5) is 0 Å². The van der Waals surface area contributed by atoms with Crippen molar-refractivity contribution in [2.75, 3.05) is 0 Å². The van der Waals surface area contributed by atoms with Gasteiger partial charge in [0.05, 0.1) is 5.71 Å². The number of hydrogen-bond acceptors (Lipinski definition) is 2. The summed E-state index contributed by atoms with van der Waals surface area (Å²) in [5.74, 6) is 0.222. The van der Waals surface area contributed by atoms with Gasteiger partial charge >= 0.3 is 0 Å². The quantitative estimate of drug-likeness (QED) is 0.249. The average Bonchev–Trinajstić information content (AvgIpc) is 3.05. The molecule has 0 unspecified atom stereocenters. The molecule has 0 aliphatic heterocycles. The predicted octanol–water partition coefficient (Wildman–Crippen LogP) is 7.01. The van der Waals surface area contributed by atoms with E-state index < -0.39 is 0 Å². The third-order valence-corrected chi connectivity index (χ3v) is 6.66. The van der Waals surface area contributed by atoms with Crippen LogP contribution in [0.3, 0.4) is 0 Å². The minimum Gasteiger partial charge on any atom is -0.282 e. The topological polar surface area (TPSA) is 49.1 Å². The number of fused-ring (bicyclic) bond motifs is 3. The molecular weight excluding hydrogens is 458 g/mol. The van der Waals surface area contributed by atoms with Crippen LogP contribution in [0, 0.1) is 5.41 Å². The molecule has 3 aromatic carbocycles. The van der Waals surface area contributed by atoms with E-state index in [1.54, 1.807) is 12.4 Å². The number of nitrogens with one attached hydrogen (secondary N) is 1. The molecule has 1 aliphatic rings. The molecule has 0 saturated carbocycles. The lowest BCUT2D eigenvalue weighted by Gasteiger charge is -2.22. The molecule has 4 heteroatoms. The molecule has 4 aromatic rings. The van der Waals surface area contributed by atoms with Gasteiger partial charge in [-0.2, -0.15) is 0 Å². The first-order chi connectivity index (χ1) is 15.4. The Morgan fingerprint density at radius 3 is 2.28 bits per heavy atom. The smallest absolute Gasteiger partial charge is 0.152 e. The molecule has 0 bridgehead atoms. The van der Waals surface area contributed by atoms with E-state index in [4.69, 9.17) is 10.4 Å². The van der Waals surface area contributed by atoms with E-state index in [-0.39, 0.29) is 11.3 Å². The van der Waals surface area contributed by atoms with Crippen LogP contribution in [0.1, 0.15) is 41.7 Å². The summed E-state index contributed by atoms with van der Waals surface area (Å²) in [7, 11) is 0. The Morgan fingerprint density at radius 1 is 0.812 bits per heavy atom. The Labute approximate surface area is 196 Å². The molecule has 32 heavy (non-hydrogen) atoms. The fourth-order valence-electron chi connectivity index (χ4n) is 4.43. The maximum atomic E-state index is 8.64. The first kappa shape index (κ1) is 20.5. The summed E-state index contributed by atoms with van der Waals surface area (Å²) in [4.78, 5) is 9.08. The number of benzene rings is 3. The fourth-order valence-corrected chi connectivity index (χ4v) is 4.70. The van der Waals surface area contributed by atoms with Crippen LogP contribution in [-0.2, 0) is 5.41 Å². The summed E-state index contributed by atoms with van der Waals surface area (Å²) < 4.78 is 0.978. The standard InChI is InChI=1S/C28H22BrN3/c1-28(2)24-8-4-3-7-22(24)23-14-11-19(16-25(23)28)26(20-6-5-15-31-17-20)32-27(30)18-9-12-21(29)13-10-18/h3-17,30H,1-2H3/b30-27?,32-26-. The van der Waals surface area contributed by atoms with E-state index in [0.717, 1.165) is 26.9 Å². The molecule has 156 valence electrons. The van der Waals surface area contributed by atoms with Gasteiger partial charge < -0.3 is 0 Å². The monoisotopic (exact) mass is 479 g/mol. The third kappa shape index (κ3) is 3.51. The van der Waals surface area contributed by atoms with Crippen molar-refractivity contribution < 1.29 is 0 Å². The van der Waals surface area contributed by atoms with Crippen LogP contribution >= 0.6 is 15.9 Å². The SMILES string of the molecule is CC1(C)c2ccccc2-c2ccc(/C(=N/C(=N)c3ccc(Br)cc3)c3cccnc3)cc21. The molecule has 1 heterocycles. The van der Waals surface area contributed by atoms with Gasteiger partial charge in [0.1, 0.15) is 0 Å². The van der Waals surface area contributed by atoms with Crippen LogP contribution < -0.4 is 0 Å². The van der Waals surface area contributed by atoms with Crippen molar-refractivity contribution in [2.45, 2.75) is 19.3 Å². The van der Waals surface area contributed by atoms with Crippen LogP contribution in [-0.4, -0.2) is 16.5 Å². The highest BCUT2D eigenvalue weighted by molar-refractivity contribution is 9.10. The summed E-state index contributed by atoms with van der Waals surface area (Å²) in [6.45, 7) is 4.54. The zero-order valence-electron chi connectivity index (χ0n) is 17.9. The van der Waals surface area contributed by atoms with E-state index in [0.29, 0.717) is 0 Å². The van der Waals surface area contributed by atoms with Crippen molar-refractivity contribution in [3.05, 3.63) is 124 Å². The number of aliphatic imine (C=N–C) groups is 1. The summed E-state index contributed by atoms with van der Waals surface area (Å²) in [6, 6.07) is 26.7. The van der Waals surface area contributed by atoms with Crippen molar-refractivity contribution in [3.63, 3.8) is 0 Å². The number of halogens is 1. The zero-order chi connectivity index (χ0) is 22.3. The molecule has 1 aromatic heterocycles. The van der Waals surface area contributed by atoms with Crippen LogP contribution in [0.5, 0.6) is 0 Å². The molecule has 0 spiro atoms. The summed E-state index contributed by atoms with van der Waals surface area (Å²) in [5, 5.41) is 8.64. The number of nitrogens with zero attached hydrogens (tertiary/aromatic N) is 2. The fraction of sp³-hybridized carbons (Fsp3) is 0.107. The molecule has 1 aliphatic carbocycles. The van der Waals surface area contributed by atoms with Gasteiger partial charge in [-0.25, -0.2) is 4.99 Å². The van der Waals surface area contributed by atoms with Crippen molar-refractivity contribution in [3.8, 4) is 11.1 Å². The lowest BCUT2D eigenvalue weighted by atomic mass is 9.81. The van der Waals surface area contributed by atoms with Gasteiger partial charge in [0.2, 0.25) is 0 Å².